The standard InChI is InChI=1S/C40H55NO15/c1-20-24-18-40(50)33(54-27(45)16-14-12-10-11-13-15-23(29(46)34(48)53-24)41-35(49)56-36(4,5)6)31-38(9,25(44)17-26-39(31,19-51-26)55-22(3)43)32(47)30(52-21(2)42)28(20)37(40,7)8/h10,12-13,15,23-26,29-31,33,44,46,50H,11,14,16-19H2,1-9H3,(H,41,49)/b12-10+,15-13+/t23-,24-,25-,26+,29+,30+,31-,33-,38+,39-,40+/m0/s1. The van der Waals surface area contributed by atoms with Crippen LogP contribution in [-0.4, -0.2) is 117 Å². The Morgan fingerprint density at radius 2 is 1.66 bits per heavy atom. The van der Waals surface area contributed by atoms with E-state index in [9.17, 15) is 39.3 Å². The first kappa shape index (κ1) is 43.0. The van der Waals surface area contributed by atoms with Crippen LogP contribution < -0.4 is 5.32 Å². The maximum absolute atomic E-state index is 15.3. The van der Waals surface area contributed by atoms with Crippen molar-refractivity contribution >= 4 is 35.8 Å². The molecule has 2 saturated carbocycles. The molecule has 1 amide bonds. The second-order valence-electron chi connectivity index (χ2n) is 17.2. The number of ketones is 1. The molecule has 56 heavy (non-hydrogen) atoms. The van der Waals surface area contributed by atoms with E-state index in [4.69, 9.17) is 28.4 Å². The average Bonchev–Trinajstić information content (AvgIpc) is 3.06. The quantitative estimate of drug-likeness (QED) is 0.183. The Morgan fingerprint density at radius 3 is 2.25 bits per heavy atom. The Bertz CT molecular complexity index is 1720. The number of esters is 4. The van der Waals surface area contributed by atoms with Gasteiger partial charge in [-0.05, 0) is 58.6 Å². The molecule has 11 atom stereocenters. The number of ether oxygens (including phenoxy) is 6. The van der Waals surface area contributed by atoms with E-state index < -0.39 is 118 Å². The first-order chi connectivity index (χ1) is 25.9. The molecule has 5 rings (SSSR count). The lowest BCUT2D eigenvalue weighted by molar-refractivity contribution is -0.347. The average molecular weight is 790 g/mol. The lowest BCUT2D eigenvalue weighted by atomic mass is 9.44. The number of hydrogen-bond acceptors (Lipinski definition) is 15. The number of aliphatic hydroxyl groups is 3. The molecule has 0 radical (unpaired) electrons. The molecule has 16 nitrogen and oxygen atoms in total. The third-order valence-electron chi connectivity index (χ3n) is 12.0. The molecule has 4 N–H and O–H groups in total. The molecule has 2 aliphatic heterocycles. The van der Waals surface area contributed by atoms with Crippen LogP contribution in [0.2, 0.25) is 0 Å². The highest BCUT2D eigenvalue weighted by molar-refractivity contribution is 5.95. The van der Waals surface area contributed by atoms with E-state index in [0.29, 0.717) is 0 Å². The number of hydrogen-bond donors (Lipinski definition) is 4. The zero-order valence-electron chi connectivity index (χ0n) is 33.4. The number of fused-ring (bicyclic) bond motifs is 6. The van der Waals surface area contributed by atoms with Gasteiger partial charge in [-0.1, -0.05) is 38.2 Å². The number of amides is 1. The first-order valence-electron chi connectivity index (χ1n) is 18.9. The van der Waals surface area contributed by atoms with Gasteiger partial charge in [0.25, 0.3) is 0 Å². The minimum absolute atomic E-state index is 0.0179. The van der Waals surface area contributed by atoms with Crippen LogP contribution in [-0.2, 0) is 52.4 Å². The van der Waals surface area contributed by atoms with E-state index in [1.807, 2.05) is 0 Å². The van der Waals surface area contributed by atoms with Gasteiger partial charge in [-0.25, -0.2) is 9.59 Å². The third kappa shape index (κ3) is 7.52. The maximum Gasteiger partial charge on any atom is 0.408 e. The van der Waals surface area contributed by atoms with Crippen molar-refractivity contribution in [1.29, 1.82) is 0 Å². The van der Waals surface area contributed by atoms with Gasteiger partial charge in [0.15, 0.2) is 23.6 Å². The molecule has 3 aliphatic carbocycles. The van der Waals surface area contributed by atoms with Gasteiger partial charge < -0.3 is 49.1 Å². The van der Waals surface area contributed by atoms with Gasteiger partial charge in [-0.3, -0.25) is 19.2 Å². The molecule has 5 aliphatic rings. The van der Waals surface area contributed by atoms with Crippen LogP contribution in [0.4, 0.5) is 4.79 Å². The fourth-order valence-corrected chi connectivity index (χ4v) is 9.21. The number of aliphatic hydroxyl groups excluding tert-OH is 2. The smallest absolute Gasteiger partial charge is 0.408 e. The van der Waals surface area contributed by atoms with Crippen molar-refractivity contribution in [2.45, 2.75) is 154 Å². The number of alkyl carbamates (subject to hydrolysis) is 1. The van der Waals surface area contributed by atoms with Gasteiger partial charge >= 0.3 is 30.0 Å². The Labute approximate surface area is 325 Å². The molecular weight excluding hydrogens is 734 g/mol. The van der Waals surface area contributed by atoms with Gasteiger partial charge in [0.2, 0.25) is 0 Å². The Kier molecular flexibility index (Phi) is 11.8. The van der Waals surface area contributed by atoms with Crippen molar-refractivity contribution in [2.24, 2.45) is 16.7 Å². The Balaban J connectivity index is 1.75. The van der Waals surface area contributed by atoms with Gasteiger partial charge in [0.05, 0.1) is 30.1 Å². The molecule has 3 bridgehead atoms. The molecule has 0 aromatic heterocycles. The topological polar surface area (TPSA) is 231 Å². The van der Waals surface area contributed by atoms with Gasteiger partial charge in [0.1, 0.15) is 29.5 Å². The van der Waals surface area contributed by atoms with Crippen LogP contribution in [0.1, 0.15) is 94.4 Å². The zero-order chi connectivity index (χ0) is 41.8. The van der Waals surface area contributed by atoms with E-state index in [0.717, 1.165) is 13.8 Å². The van der Waals surface area contributed by atoms with E-state index in [2.05, 4.69) is 5.32 Å². The molecule has 0 aromatic carbocycles. The predicted octanol–water partition coefficient (Wildman–Crippen LogP) is 2.44. The van der Waals surface area contributed by atoms with Crippen molar-refractivity contribution in [1.82, 2.24) is 5.32 Å². The molecule has 1 saturated heterocycles. The summed E-state index contributed by atoms with van der Waals surface area (Å²) in [6, 6.07) is -1.35. The predicted molar refractivity (Wildman–Crippen MR) is 194 cm³/mol. The summed E-state index contributed by atoms with van der Waals surface area (Å²) >= 11 is 0. The summed E-state index contributed by atoms with van der Waals surface area (Å²) < 4.78 is 35.2. The molecular formula is C40H55NO15. The second kappa shape index (κ2) is 15.3. The van der Waals surface area contributed by atoms with Crippen LogP contribution in [0.25, 0.3) is 0 Å². The highest BCUT2D eigenvalue weighted by Gasteiger charge is 2.78. The van der Waals surface area contributed by atoms with E-state index in [-0.39, 0.29) is 43.4 Å². The fraction of sp³-hybridized carbons (Fsp3) is 0.700. The summed E-state index contributed by atoms with van der Waals surface area (Å²) in [6.45, 7) is 12.9. The first-order valence-corrected chi connectivity index (χ1v) is 18.9. The van der Waals surface area contributed by atoms with Crippen LogP contribution in [0.3, 0.4) is 0 Å². The number of carbonyl (C=O) groups excluding carboxylic acids is 6. The monoisotopic (exact) mass is 789 g/mol. The molecule has 16 heteroatoms. The van der Waals surface area contributed by atoms with Crippen molar-refractivity contribution in [3.05, 3.63) is 35.5 Å². The molecule has 0 spiro atoms. The van der Waals surface area contributed by atoms with Crippen molar-refractivity contribution in [3.63, 3.8) is 0 Å². The van der Waals surface area contributed by atoms with Crippen molar-refractivity contribution < 1.29 is 72.5 Å². The van der Waals surface area contributed by atoms with Crippen LogP contribution in [0.15, 0.2) is 35.5 Å². The largest absolute Gasteiger partial charge is 0.459 e. The SMILES string of the molecule is CC(=O)O[C@H]1C(=O)[C@@]2(C)[C@H]([C@@H]3OC(=O)CC/C=C/C/C=C/[C@H](NC(=O)OC(C)(C)C)[C@@H](O)C(=O)O[C@H]4C[C@]3(O)C(C)(C)C1=C4C)[C@]1(OC(C)=O)CO[C@@H]1C[C@@H]2O. The van der Waals surface area contributed by atoms with E-state index in [1.165, 1.54) is 19.9 Å². The third-order valence-corrected chi connectivity index (χ3v) is 12.0. The summed E-state index contributed by atoms with van der Waals surface area (Å²) in [4.78, 5) is 81.5. The summed E-state index contributed by atoms with van der Waals surface area (Å²) in [5, 5.41) is 39.2. The van der Waals surface area contributed by atoms with Gasteiger partial charge in [-0.2, -0.15) is 0 Å². The Morgan fingerprint density at radius 1 is 0.982 bits per heavy atom. The molecule has 3 fully saturated rings. The van der Waals surface area contributed by atoms with Crippen molar-refractivity contribution in [3.8, 4) is 0 Å². The van der Waals surface area contributed by atoms with E-state index in [1.54, 1.807) is 52.8 Å². The van der Waals surface area contributed by atoms with Crippen LogP contribution in [0.5, 0.6) is 0 Å². The Hall–Kier alpha value is -4.12. The molecule has 0 aromatic rings. The summed E-state index contributed by atoms with van der Waals surface area (Å²) in [6.07, 6.45) is -4.46. The maximum atomic E-state index is 15.3. The highest BCUT2D eigenvalue weighted by Crippen LogP contribution is 2.64. The number of nitrogens with one attached hydrogen (secondary N) is 1. The number of allylic oxidation sites excluding steroid dienone is 3. The lowest BCUT2D eigenvalue weighted by Gasteiger charge is -2.67. The summed E-state index contributed by atoms with van der Waals surface area (Å²) in [5.74, 6) is -5.99. The molecule has 2 heterocycles. The molecule has 310 valence electrons. The van der Waals surface area contributed by atoms with Crippen molar-refractivity contribution in [2.75, 3.05) is 6.61 Å². The highest BCUT2D eigenvalue weighted by atomic mass is 16.6. The molecule has 0 unspecified atom stereocenters. The number of rotatable bonds is 3. The normalized spacial score (nSPS) is 39.8. The minimum atomic E-state index is -2.32. The van der Waals surface area contributed by atoms with Crippen LogP contribution >= 0.6 is 0 Å². The summed E-state index contributed by atoms with van der Waals surface area (Å²) in [7, 11) is 0. The minimum Gasteiger partial charge on any atom is -0.459 e. The van der Waals surface area contributed by atoms with E-state index >= 15 is 4.79 Å². The number of carbonyl (C=O) groups is 6. The summed E-state index contributed by atoms with van der Waals surface area (Å²) in [5.41, 5.74) is -8.35. The zero-order valence-corrected chi connectivity index (χ0v) is 33.4. The van der Waals surface area contributed by atoms with Crippen LogP contribution in [0, 0.1) is 16.7 Å². The van der Waals surface area contributed by atoms with Gasteiger partial charge in [-0.15, -0.1) is 0 Å². The number of Topliss-reactive ketones (excluding diaryl/α,β-unsaturated/α-hetero) is 1. The lowest BCUT2D eigenvalue weighted by Crippen LogP contribution is -2.82. The fourth-order valence-electron chi connectivity index (χ4n) is 9.21. The second-order valence-corrected chi connectivity index (χ2v) is 17.2. The van der Waals surface area contributed by atoms with Gasteiger partial charge in [0, 0.05) is 38.5 Å².